The van der Waals surface area contributed by atoms with Crippen molar-refractivity contribution in [1.29, 1.82) is 0 Å². The Hall–Kier alpha value is -3.18. The second-order valence-corrected chi connectivity index (χ2v) is 7.57. The number of methoxy groups -OCH3 is 1. The molecule has 0 saturated carbocycles. The average molecular weight is 400 g/mol. The van der Waals surface area contributed by atoms with Crippen LogP contribution in [0.3, 0.4) is 0 Å². The fourth-order valence-electron chi connectivity index (χ4n) is 3.12. The van der Waals surface area contributed by atoms with Crippen molar-refractivity contribution in [2.75, 3.05) is 7.11 Å². The van der Waals surface area contributed by atoms with Crippen molar-refractivity contribution >= 4 is 11.8 Å². The highest BCUT2D eigenvalue weighted by Gasteiger charge is 2.14. The molecule has 0 atom stereocenters. The lowest BCUT2D eigenvalue weighted by Gasteiger charge is -2.11. The number of aromatic nitrogens is 3. The Bertz CT molecular complexity index is 1100. The lowest BCUT2D eigenvalue weighted by atomic mass is 10.0. The van der Waals surface area contributed by atoms with E-state index in [9.17, 15) is 0 Å². The van der Waals surface area contributed by atoms with Gasteiger partial charge in [0.05, 0.1) is 7.11 Å². The molecule has 0 unspecified atom stereocenters. The highest BCUT2D eigenvalue weighted by Crippen LogP contribution is 2.31. The van der Waals surface area contributed by atoms with Gasteiger partial charge in [0, 0.05) is 22.4 Å². The molecule has 29 heavy (non-hydrogen) atoms. The average Bonchev–Trinajstić information content (AvgIpc) is 2.79. The topological polar surface area (TPSA) is 47.9 Å². The zero-order valence-electron chi connectivity index (χ0n) is 16.4. The number of ether oxygens (including phenoxy) is 1. The van der Waals surface area contributed by atoms with Crippen molar-refractivity contribution in [2.24, 2.45) is 0 Å². The molecule has 0 saturated heterocycles. The third-order valence-corrected chi connectivity index (χ3v) is 5.44. The Kier molecular flexibility index (Phi) is 5.86. The molecule has 5 heteroatoms. The number of nitrogens with zero attached hydrogens (tertiary/aromatic N) is 3. The molecule has 0 aliphatic carbocycles. The fourth-order valence-corrected chi connectivity index (χ4v) is 3.89. The van der Waals surface area contributed by atoms with E-state index >= 15 is 0 Å². The number of hydrogen-bond acceptors (Lipinski definition) is 5. The number of benzene rings is 3. The van der Waals surface area contributed by atoms with E-state index in [0.717, 1.165) is 33.8 Å². The largest absolute Gasteiger partial charge is 0.496 e. The Labute approximate surface area is 175 Å². The third-order valence-electron chi connectivity index (χ3n) is 4.55. The normalized spacial score (nSPS) is 10.7. The summed E-state index contributed by atoms with van der Waals surface area (Å²) in [4.78, 5) is 4.86. The van der Waals surface area contributed by atoms with Gasteiger partial charge in [-0.05, 0) is 13.0 Å². The maximum Gasteiger partial charge on any atom is 0.210 e. The summed E-state index contributed by atoms with van der Waals surface area (Å²) in [6, 6.07) is 26.4. The van der Waals surface area contributed by atoms with Crippen molar-refractivity contribution in [2.45, 2.75) is 17.8 Å². The Morgan fingerprint density at radius 3 is 2.10 bits per heavy atom. The molecule has 3 aromatic carbocycles. The van der Waals surface area contributed by atoms with Crippen molar-refractivity contribution in [3.63, 3.8) is 0 Å². The second kappa shape index (κ2) is 8.88. The van der Waals surface area contributed by atoms with Crippen molar-refractivity contribution in [3.8, 4) is 28.3 Å². The summed E-state index contributed by atoms with van der Waals surface area (Å²) in [6.07, 6.45) is 0. The van der Waals surface area contributed by atoms with Crippen LogP contribution in [0.4, 0.5) is 0 Å². The van der Waals surface area contributed by atoms with Gasteiger partial charge in [-0.25, -0.2) is 4.98 Å². The molecule has 0 radical (unpaired) electrons. The minimum Gasteiger partial charge on any atom is -0.496 e. The molecule has 4 nitrogen and oxygen atoms in total. The van der Waals surface area contributed by atoms with E-state index in [0.29, 0.717) is 10.9 Å². The molecule has 144 valence electrons. The van der Waals surface area contributed by atoms with Gasteiger partial charge in [-0.1, -0.05) is 90.1 Å². The van der Waals surface area contributed by atoms with E-state index in [4.69, 9.17) is 9.72 Å². The number of aryl methyl sites for hydroxylation is 1. The maximum absolute atomic E-state index is 5.49. The van der Waals surface area contributed by atoms with Gasteiger partial charge < -0.3 is 4.74 Å². The molecule has 4 rings (SSSR count). The van der Waals surface area contributed by atoms with Crippen LogP contribution in [0, 0.1) is 6.92 Å². The van der Waals surface area contributed by atoms with Gasteiger partial charge in [0.15, 0.2) is 0 Å². The quantitative estimate of drug-likeness (QED) is 0.383. The summed E-state index contributed by atoms with van der Waals surface area (Å²) in [5.74, 6) is 1.59. The standard InChI is InChI=1S/C24H21N3OS/c1-17-13-14-21(28-2)20(15-17)16-29-24-25-22(18-9-5-3-6-10-18)23(26-27-24)19-11-7-4-8-12-19/h3-15H,16H2,1-2H3. The Morgan fingerprint density at radius 2 is 1.45 bits per heavy atom. The lowest BCUT2D eigenvalue weighted by Crippen LogP contribution is -2.00. The van der Waals surface area contributed by atoms with Crippen LogP contribution < -0.4 is 4.74 Å². The molecule has 0 amide bonds. The highest BCUT2D eigenvalue weighted by molar-refractivity contribution is 7.98. The van der Waals surface area contributed by atoms with E-state index < -0.39 is 0 Å². The molecule has 1 heterocycles. The molecular formula is C24H21N3OS. The van der Waals surface area contributed by atoms with E-state index in [2.05, 4.69) is 35.3 Å². The zero-order valence-corrected chi connectivity index (χ0v) is 17.2. The van der Waals surface area contributed by atoms with Crippen LogP contribution in [0.25, 0.3) is 22.5 Å². The van der Waals surface area contributed by atoms with Crippen LogP contribution in [0.2, 0.25) is 0 Å². The van der Waals surface area contributed by atoms with Crippen molar-refractivity contribution < 1.29 is 4.74 Å². The van der Waals surface area contributed by atoms with Crippen LogP contribution in [-0.4, -0.2) is 22.3 Å². The van der Waals surface area contributed by atoms with Crippen LogP contribution >= 0.6 is 11.8 Å². The smallest absolute Gasteiger partial charge is 0.210 e. The number of thioether (sulfide) groups is 1. The summed E-state index contributed by atoms with van der Waals surface area (Å²) >= 11 is 1.56. The summed E-state index contributed by atoms with van der Waals surface area (Å²) in [5, 5.41) is 9.57. The summed E-state index contributed by atoms with van der Waals surface area (Å²) in [6.45, 7) is 2.08. The fraction of sp³-hybridized carbons (Fsp3) is 0.125. The monoisotopic (exact) mass is 399 g/mol. The van der Waals surface area contributed by atoms with Crippen LogP contribution in [0.15, 0.2) is 84.0 Å². The molecule has 1 aromatic heterocycles. The van der Waals surface area contributed by atoms with Gasteiger partial charge in [-0.3, -0.25) is 0 Å². The van der Waals surface area contributed by atoms with E-state index in [1.165, 1.54) is 5.56 Å². The second-order valence-electron chi connectivity index (χ2n) is 6.63. The lowest BCUT2D eigenvalue weighted by molar-refractivity contribution is 0.411. The van der Waals surface area contributed by atoms with E-state index in [-0.39, 0.29) is 0 Å². The van der Waals surface area contributed by atoms with Gasteiger partial charge >= 0.3 is 0 Å². The predicted molar refractivity (Wildman–Crippen MR) is 118 cm³/mol. The van der Waals surface area contributed by atoms with Crippen LogP contribution in [0.1, 0.15) is 11.1 Å². The van der Waals surface area contributed by atoms with Gasteiger partial charge in [-0.15, -0.1) is 10.2 Å². The minimum absolute atomic E-state index is 0.645. The molecule has 4 aromatic rings. The van der Waals surface area contributed by atoms with E-state index in [1.807, 2.05) is 60.7 Å². The first-order chi connectivity index (χ1) is 14.2. The molecule has 0 bridgehead atoms. The van der Waals surface area contributed by atoms with Crippen molar-refractivity contribution in [1.82, 2.24) is 15.2 Å². The first kappa shape index (κ1) is 19.2. The maximum atomic E-state index is 5.49. The molecule has 0 spiro atoms. The molecule has 0 aliphatic heterocycles. The van der Waals surface area contributed by atoms with E-state index in [1.54, 1.807) is 18.9 Å². The van der Waals surface area contributed by atoms with Crippen LogP contribution in [0.5, 0.6) is 5.75 Å². The summed E-state index contributed by atoms with van der Waals surface area (Å²) < 4.78 is 5.49. The summed E-state index contributed by atoms with van der Waals surface area (Å²) in [7, 11) is 1.69. The van der Waals surface area contributed by atoms with Crippen molar-refractivity contribution in [3.05, 3.63) is 90.0 Å². The molecule has 0 fully saturated rings. The minimum atomic E-state index is 0.645. The summed E-state index contributed by atoms with van der Waals surface area (Å²) in [5.41, 5.74) is 5.97. The molecular weight excluding hydrogens is 378 g/mol. The molecule has 0 aliphatic rings. The highest BCUT2D eigenvalue weighted by atomic mass is 32.2. The van der Waals surface area contributed by atoms with Gasteiger partial charge in [-0.2, -0.15) is 0 Å². The Morgan fingerprint density at radius 1 is 0.793 bits per heavy atom. The number of rotatable bonds is 6. The zero-order chi connectivity index (χ0) is 20.1. The SMILES string of the molecule is COc1ccc(C)cc1CSc1nnc(-c2ccccc2)c(-c2ccccc2)n1. The first-order valence-corrected chi connectivity index (χ1v) is 10.3. The third kappa shape index (κ3) is 4.46. The van der Waals surface area contributed by atoms with Gasteiger partial charge in [0.1, 0.15) is 17.1 Å². The van der Waals surface area contributed by atoms with Crippen LogP contribution in [-0.2, 0) is 5.75 Å². The first-order valence-electron chi connectivity index (χ1n) is 9.36. The van der Waals surface area contributed by atoms with Gasteiger partial charge in [0.2, 0.25) is 5.16 Å². The molecule has 0 N–H and O–H groups in total. The Balaban J connectivity index is 1.68. The predicted octanol–water partition coefficient (Wildman–Crippen LogP) is 5.81. The van der Waals surface area contributed by atoms with Gasteiger partial charge in [0.25, 0.3) is 0 Å². The number of hydrogen-bond donors (Lipinski definition) is 0.